The maximum Gasteiger partial charge on any atom is 0.286 e. The third-order valence-electron chi connectivity index (χ3n) is 2.99. The number of hydrogen-bond donors (Lipinski definition) is 0. The zero-order valence-electron chi connectivity index (χ0n) is 10.5. The van der Waals surface area contributed by atoms with E-state index in [1.165, 1.54) is 6.20 Å². The molecular formula is C12H16N2O3S. The summed E-state index contributed by atoms with van der Waals surface area (Å²) in [6, 6.07) is 3.57. The fourth-order valence-electron chi connectivity index (χ4n) is 2.05. The Labute approximate surface area is 107 Å². The Morgan fingerprint density at radius 2 is 2.17 bits per heavy atom. The monoisotopic (exact) mass is 268 g/mol. The van der Waals surface area contributed by atoms with Crippen molar-refractivity contribution in [2.45, 2.75) is 26.2 Å². The Morgan fingerprint density at radius 1 is 1.44 bits per heavy atom. The smallest absolute Gasteiger partial charge is 0.266 e. The first-order valence-electron chi connectivity index (χ1n) is 5.93. The molecule has 0 saturated carbocycles. The van der Waals surface area contributed by atoms with Crippen LogP contribution in [0.25, 0.3) is 0 Å². The number of hydrogen-bond acceptors (Lipinski definition) is 4. The second-order valence-electron chi connectivity index (χ2n) is 4.64. The molecule has 98 valence electrons. The molecule has 0 aliphatic carbocycles. The van der Waals surface area contributed by atoms with Gasteiger partial charge >= 0.3 is 0 Å². The van der Waals surface area contributed by atoms with Crippen molar-refractivity contribution < 1.29 is 13.2 Å². The number of carbonyl (C=O) groups is 1. The van der Waals surface area contributed by atoms with Crippen LogP contribution < -0.4 is 0 Å². The molecule has 0 spiro atoms. The summed E-state index contributed by atoms with van der Waals surface area (Å²) in [4.78, 5) is 16.3. The first-order chi connectivity index (χ1) is 8.43. The second-order valence-corrected chi connectivity index (χ2v) is 6.66. The van der Waals surface area contributed by atoms with Crippen LogP contribution in [0.2, 0.25) is 0 Å². The zero-order chi connectivity index (χ0) is 13.3. The van der Waals surface area contributed by atoms with Gasteiger partial charge in [-0.3, -0.25) is 9.78 Å². The van der Waals surface area contributed by atoms with Crippen molar-refractivity contribution in [1.82, 2.24) is 9.29 Å². The summed E-state index contributed by atoms with van der Waals surface area (Å²) >= 11 is 0. The molecule has 1 aliphatic heterocycles. The molecule has 1 saturated heterocycles. The predicted octanol–water partition coefficient (Wildman–Crippen LogP) is 1.38. The van der Waals surface area contributed by atoms with E-state index >= 15 is 0 Å². The minimum absolute atomic E-state index is 0.0442. The van der Waals surface area contributed by atoms with Gasteiger partial charge in [-0.1, -0.05) is 19.9 Å². The van der Waals surface area contributed by atoms with Gasteiger partial charge in [0.2, 0.25) is 10.0 Å². The number of rotatable bonds is 2. The largest absolute Gasteiger partial charge is 0.286 e. The molecule has 1 aromatic rings. The van der Waals surface area contributed by atoms with Crippen LogP contribution in [0.5, 0.6) is 0 Å². The van der Waals surface area contributed by atoms with Crippen molar-refractivity contribution in [3.8, 4) is 0 Å². The maximum absolute atomic E-state index is 12.3. The van der Waals surface area contributed by atoms with Crippen LogP contribution in [0.3, 0.4) is 0 Å². The Kier molecular flexibility index (Phi) is 3.38. The summed E-state index contributed by atoms with van der Waals surface area (Å²) in [5.74, 6) is -0.331. The van der Waals surface area contributed by atoms with E-state index in [0.717, 1.165) is 9.87 Å². The van der Waals surface area contributed by atoms with E-state index in [-0.39, 0.29) is 23.9 Å². The predicted molar refractivity (Wildman–Crippen MR) is 67.8 cm³/mol. The lowest BCUT2D eigenvalue weighted by molar-refractivity contribution is 0.0863. The SMILES string of the molecule is CC(C)c1cccnc1C(=O)N1CCCS1(=O)=O. The average molecular weight is 268 g/mol. The highest BCUT2D eigenvalue weighted by molar-refractivity contribution is 7.89. The van der Waals surface area contributed by atoms with Gasteiger partial charge in [-0.15, -0.1) is 0 Å². The van der Waals surface area contributed by atoms with Crippen molar-refractivity contribution in [3.63, 3.8) is 0 Å². The zero-order valence-corrected chi connectivity index (χ0v) is 11.3. The van der Waals surface area contributed by atoms with Gasteiger partial charge in [0.1, 0.15) is 5.69 Å². The lowest BCUT2D eigenvalue weighted by Gasteiger charge is -2.17. The summed E-state index contributed by atoms with van der Waals surface area (Å²) in [5, 5.41) is 0. The maximum atomic E-state index is 12.3. The Bertz CT molecular complexity index is 566. The van der Waals surface area contributed by atoms with Gasteiger partial charge in [0, 0.05) is 12.7 Å². The van der Waals surface area contributed by atoms with Crippen LogP contribution in [-0.4, -0.2) is 35.9 Å². The lowest BCUT2D eigenvalue weighted by Crippen LogP contribution is -2.33. The van der Waals surface area contributed by atoms with E-state index in [2.05, 4.69) is 4.98 Å². The number of amides is 1. The van der Waals surface area contributed by atoms with Gasteiger partial charge in [0.25, 0.3) is 5.91 Å². The molecule has 0 atom stereocenters. The lowest BCUT2D eigenvalue weighted by atomic mass is 10.0. The summed E-state index contributed by atoms with van der Waals surface area (Å²) < 4.78 is 24.4. The molecule has 2 heterocycles. The molecule has 0 N–H and O–H groups in total. The fourth-order valence-corrected chi connectivity index (χ4v) is 3.51. The highest BCUT2D eigenvalue weighted by Crippen LogP contribution is 2.22. The van der Waals surface area contributed by atoms with Gasteiger partial charge in [-0.05, 0) is 24.0 Å². The van der Waals surface area contributed by atoms with E-state index in [4.69, 9.17) is 0 Å². The molecule has 5 nitrogen and oxygen atoms in total. The van der Waals surface area contributed by atoms with Crippen LogP contribution >= 0.6 is 0 Å². The quantitative estimate of drug-likeness (QED) is 0.812. The van der Waals surface area contributed by atoms with Crippen LogP contribution in [0.4, 0.5) is 0 Å². The van der Waals surface area contributed by atoms with Crippen molar-refractivity contribution in [2.24, 2.45) is 0 Å². The number of nitrogens with zero attached hydrogens (tertiary/aromatic N) is 2. The first kappa shape index (κ1) is 13.0. The summed E-state index contributed by atoms with van der Waals surface area (Å²) in [6.07, 6.45) is 2.01. The molecule has 18 heavy (non-hydrogen) atoms. The second kappa shape index (κ2) is 4.68. The van der Waals surface area contributed by atoms with Crippen LogP contribution in [0.1, 0.15) is 42.2 Å². The van der Waals surface area contributed by atoms with Gasteiger partial charge in [0.05, 0.1) is 5.75 Å². The van der Waals surface area contributed by atoms with Crippen LogP contribution in [-0.2, 0) is 10.0 Å². The highest BCUT2D eigenvalue weighted by Gasteiger charge is 2.34. The van der Waals surface area contributed by atoms with Gasteiger partial charge in [0.15, 0.2) is 0 Å². The topological polar surface area (TPSA) is 67.3 Å². The number of pyridine rings is 1. The Balaban J connectivity index is 2.41. The molecule has 0 bridgehead atoms. The Morgan fingerprint density at radius 3 is 2.72 bits per heavy atom. The molecule has 0 radical (unpaired) electrons. The van der Waals surface area contributed by atoms with Crippen molar-refractivity contribution in [3.05, 3.63) is 29.6 Å². The summed E-state index contributed by atoms with van der Waals surface area (Å²) in [6.45, 7) is 4.16. The standard InChI is InChI=1S/C12H16N2O3S/c1-9(2)10-5-3-6-13-11(10)12(15)14-7-4-8-18(14,16)17/h3,5-6,9H,4,7-8H2,1-2H3. The molecule has 1 fully saturated rings. The minimum Gasteiger partial charge on any atom is -0.266 e. The number of sulfonamides is 1. The first-order valence-corrected chi connectivity index (χ1v) is 7.54. The van der Waals surface area contributed by atoms with Crippen LogP contribution in [0.15, 0.2) is 18.3 Å². The number of aromatic nitrogens is 1. The molecular weight excluding hydrogens is 252 g/mol. The summed E-state index contributed by atoms with van der Waals surface area (Å²) in [5.41, 5.74) is 1.03. The third kappa shape index (κ3) is 2.25. The number of carbonyl (C=O) groups excluding carboxylic acids is 1. The molecule has 6 heteroatoms. The van der Waals surface area contributed by atoms with Crippen molar-refractivity contribution in [2.75, 3.05) is 12.3 Å². The van der Waals surface area contributed by atoms with Crippen molar-refractivity contribution >= 4 is 15.9 Å². The van der Waals surface area contributed by atoms with E-state index in [1.807, 2.05) is 19.9 Å². The molecule has 0 unspecified atom stereocenters. The highest BCUT2D eigenvalue weighted by atomic mass is 32.2. The molecule has 1 aromatic heterocycles. The fraction of sp³-hybridized carbons (Fsp3) is 0.500. The molecule has 0 aromatic carbocycles. The van der Waals surface area contributed by atoms with Gasteiger partial charge in [-0.25, -0.2) is 12.7 Å². The van der Waals surface area contributed by atoms with Gasteiger partial charge in [-0.2, -0.15) is 0 Å². The normalized spacial score (nSPS) is 18.3. The van der Waals surface area contributed by atoms with Gasteiger partial charge < -0.3 is 0 Å². The minimum atomic E-state index is -3.43. The third-order valence-corrected chi connectivity index (χ3v) is 4.81. The van der Waals surface area contributed by atoms with E-state index in [9.17, 15) is 13.2 Å². The van der Waals surface area contributed by atoms with E-state index in [1.54, 1.807) is 6.07 Å². The van der Waals surface area contributed by atoms with E-state index < -0.39 is 15.9 Å². The molecule has 1 aliphatic rings. The average Bonchev–Trinajstić information content (AvgIpc) is 2.68. The molecule has 1 amide bonds. The van der Waals surface area contributed by atoms with Crippen molar-refractivity contribution in [1.29, 1.82) is 0 Å². The van der Waals surface area contributed by atoms with Crippen LogP contribution in [0, 0.1) is 0 Å². The summed E-state index contributed by atoms with van der Waals surface area (Å²) in [7, 11) is -3.43. The van der Waals surface area contributed by atoms with E-state index in [0.29, 0.717) is 6.42 Å². The Hall–Kier alpha value is -1.43. The molecule has 2 rings (SSSR count).